The number of para-hydroxylation sites is 4. The molecule has 0 radical (unpaired) electrons. The standard InChI is InChI=1S/C54H35N3/c1-3-13-36(14-4-1)37-23-27-41(28-24-37)56-49-20-10-7-17-43(49)46-33-38(25-30-52(46)56)39-26-31-53-47(34-39)44-18-8-12-22-51(44)57(53)42-29-32-54-48(35-42)45-19-9-11-21-50(45)55(54)40-15-5-2-6-16-40/h1-35H/i1D,7D,8D,9D,10D,11D,12D,17D,18D,19D,20D,21D,22D,25D,26D,29D,30D,31D,32D,33D,34D,35D. The first-order chi connectivity index (χ1) is 37.5. The molecule has 0 unspecified atom stereocenters. The van der Waals surface area contributed by atoms with Crippen LogP contribution in [0.3, 0.4) is 0 Å². The number of hydrogen-bond acceptors (Lipinski definition) is 0. The third-order valence-corrected chi connectivity index (χ3v) is 10.1. The van der Waals surface area contributed by atoms with Crippen LogP contribution < -0.4 is 0 Å². The minimum absolute atomic E-state index is 0.144. The fourth-order valence-electron chi connectivity index (χ4n) is 7.59. The molecule has 3 nitrogen and oxygen atoms in total. The molecule has 12 aromatic rings. The summed E-state index contributed by atoms with van der Waals surface area (Å²) in [6, 6.07) is 6.98. The van der Waals surface area contributed by atoms with E-state index in [9.17, 15) is 16.4 Å². The first kappa shape index (κ1) is 17.0. The molecule has 0 N–H and O–H groups in total. The lowest BCUT2D eigenvalue weighted by molar-refractivity contribution is 1.17. The number of hydrogen-bond donors (Lipinski definition) is 0. The fraction of sp³-hybridized carbons (Fsp3) is 0. The van der Waals surface area contributed by atoms with Gasteiger partial charge in [-0.05, 0) is 107 Å². The van der Waals surface area contributed by atoms with E-state index in [1.807, 2.05) is 0 Å². The summed E-state index contributed by atoms with van der Waals surface area (Å²) in [5.41, 5.74) is -1.55. The molecule has 0 spiro atoms. The summed E-state index contributed by atoms with van der Waals surface area (Å²) in [6.45, 7) is 0. The number of nitrogens with zero attached hydrogens (tertiary/aromatic N) is 3. The van der Waals surface area contributed by atoms with E-state index >= 15 is 0 Å². The van der Waals surface area contributed by atoms with E-state index in [4.69, 9.17) is 13.7 Å². The molecule has 0 atom stereocenters. The zero-order chi connectivity index (χ0) is 56.6. The van der Waals surface area contributed by atoms with Crippen molar-refractivity contribution in [2.75, 3.05) is 0 Å². The van der Waals surface area contributed by atoms with Crippen LogP contribution in [-0.4, -0.2) is 13.7 Å². The summed E-state index contributed by atoms with van der Waals surface area (Å²) in [7, 11) is 0. The second-order valence-corrected chi connectivity index (χ2v) is 13.2. The molecule has 3 heterocycles. The van der Waals surface area contributed by atoms with Crippen LogP contribution in [0.5, 0.6) is 0 Å². The summed E-state index contributed by atoms with van der Waals surface area (Å²) in [6.07, 6.45) is 0. The van der Waals surface area contributed by atoms with Gasteiger partial charge in [0.15, 0.2) is 0 Å². The molecule has 0 saturated heterocycles. The normalized spacial score (nSPS) is 17.3. The van der Waals surface area contributed by atoms with Crippen molar-refractivity contribution in [3.05, 3.63) is 212 Å². The third-order valence-electron chi connectivity index (χ3n) is 10.1. The Balaban J connectivity index is 1.22. The van der Waals surface area contributed by atoms with Gasteiger partial charge >= 0.3 is 0 Å². The highest BCUT2D eigenvalue weighted by Gasteiger charge is 2.18. The summed E-state index contributed by atoms with van der Waals surface area (Å²) in [5, 5.41) is -1.95. The highest BCUT2D eigenvalue weighted by atomic mass is 15.0. The van der Waals surface area contributed by atoms with E-state index in [2.05, 4.69) is 0 Å². The summed E-state index contributed by atoms with van der Waals surface area (Å²) < 4.78 is 207. The van der Waals surface area contributed by atoms with Gasteiger partial charge in [0.05, 0.1) is 63.3 Å². The van der Waals surface area contributed by atoms with Crippen molar-refractivity contribution in [2.45, 2.75) is 0 Å². The highest BCUT2D eigenvalue weighted by molar-refractivity contribution is 6.14. The molecule has 9 aromatic carbocycles. The van der Waals surface area contributed by atoms with E-state index in [0.29, 0.717) is 17.3 Å². The Morgan fingerprint density at radius 3 is 1.23 bits per heavy atom. The molecule has 0 aliphatic heterocycles. The molecule has 0 fully saturated rings. The summed E-state index contributed by atoms with van der Waals surface area (Å²) in [4.78, 5) is 0. The zero-order valence-corrected chi connectivity index (χ0v) is 29.3. The minimum atomic E-state index is -0.891. The molecule has 0 amide bonds. The van der Waals surface area contributed by atoms with Crippen LogP contribution in [0.1, 0.15) is 30.2 Å². The van der Waals surface area contributed by atoms with Gasteiger partial charge in [-0.25, -0.2) is 0 Å². The molecule has 12 rings (SSSR count). The van der Waals surface area contributed by atoms with Gasteiger partial charge in [0.1, 0.15) is 0 Å². The summed E-state index contributed by atoms with van der Waals surface area (Å²) in [5.74, 6) is 0. The smallest absolute Gasteiger partial charge is 0.0652 e. The summed E-state index contributed by atoms with van der Waals surface area (Å²) >= 11 is 0. The van der Waals surface area contributed by atoms with Gasteiger partial charge in [-0.3, -0.25) is 0 Å². The Kier molecular flexibility index (Phi) is 3.72. The van der Waals surface area contributed by atoms with Crippen molar-refractivity contribution in [1.29, 1.82) is 0 Å². The molecular weight excluding hydrogens is 691 g/mol. The number of benzene rings is 9. The van der Waals surface area contributed by atoms with Crippen LogP contribution in [0.4, 0.5) is 0 Å². The average Bonchev–Trinajstić information content (AvgIpc) is 3.52. The maximum Gasteiger partial charge on any atom is 0.0652 e. The highest BCUT2D eigenvalue weighted by Crippen LogP contribution is 2.40. The Hall–Kier alpha value is -7.62. The van der Waals surface area contributed by atoms with Gasteiger partial charge in [-0.1, -0.05) is 127 Å². The number of fused-ring (bicyclic) bond motifs is 9. The third kappa shape index (κ3) is 4.86. The Bertz CT molecular complexity index is 4770. The molecule has 57 heavy (non-hydrogen) atoms. The van der Waals surface area contributed by atoms with Crippen molar-refractivity contribution < 1.29 is 30.2 Å². The molecule has 266 valence electrons. The largest absolute Gasteiger partial charge is 0.309 e. The number of aromatic nitrogens is 3. The van der Waals surface area contributed by atoms with Crippen molar-refractivity contribution in [3.63, 3.8) is 0 Å². The molecule has 3 heteroatoms. The van der Waals surface area contributed by atoms with Gasteiger partial charge in [0, 0.05) is 49.4 Å². The van der Waals surface area contributed by atoms with Crippen LogP contribution in [0.25, 0.3) is 105 Å². The predicted octanol–water partition coefficient (Wildman–Crippen LogP) is 14.3. The van der Waals surface area contributed by atoms with E-state index in [-0.39, 0.29) is 49.3 Å². The first-order valence-corrected chi connectivity index (χ1v) is 17.8. The Morgan fingerprint density at radius 2 is 0.684 bits per heavy atom. The minimum Gasteiger partial charge on any atom is -0.309 e. The van der Waals surface area contributed by atoms with Crippen LogP contribution in [0, 0.1) is 0 Å². The van der Waals surface area contributed by atoms with Gasteiger partial charge in [-0.15, -0.1) is 0 Å². The van der Waals surface area contributed by atoms with Gasteiger partial charge < -0.3 is 13.7 Å². The maximum absolute atomic E-state index is 10.0. The fourth-order valence-corrected chi connectivity index (χ4v) is 7.59. The van der Waals surface area contributed by atoms with Crippen molar-refractivity contribution in [2.24, 2.45) is 0 Å². The topological polar surface area (TPSA) is 14.8 Å². The van der Waals surface area contributed by atoms with Crippen molar-refractivity contribution in [1.82, 2.24) is 13.7 Å². The van der Waals surface area contributed by atoms with Crippen LogP contribution in [0.2, 0.25) is 0 Å². The molecular formula is C54H35N3. The lowest BCUT2D eigenvalue weighted by Crippen LogP contribution is -1.95. The first-order valence-electron chi connectivity index (χ1n) is 28.8. The van der Waals surface area contributed by atoms with E-state index in [0.717, 1.165) is 10.1 Å². The van der Waals surface area contributed by atoms with E-state index < -0.39 is 166 Å². The Labute approximate surface area is 360 Å². The lowest BCUT2D eigenvalue weighted by atomic mass is 10.0. The zero-order valence-electron chi connectivity index (χ0n) is 51.3. The second kappa shape index (κ2) is 12.5. The van der Waals surface area contributed by atoms with Crippen LogP contribution in [-0.2, 0) is 0 Å². The van der Waals surface area contributed by atoms with Crippen molar-refractivity contribution >= 4 is 65.4 Å². The molecule has 0 aliphatic rings. The van der Waals surface area contributed by atoms with Crippen molar-refractivity contribution in [3.8, 4) is 39.3 Å². The van der Waals surface area contributed by atoms with Gasteiger partial charge in [0.2, 0.25) is 0 Å². The SMILES string of the molecule is [2H]c1ccc(-c2ccc(-n3c4c([2H])c([2H])c([2H])c([2H])c4c4c([2H])c(-c5c([2H])c([2H])c6c(c5[2H])c5c([2H])c([2H])c([2H])c([2H])c5n6-c5c([2H])c([2H])c6c(c5[2H])c5c([2H])c([2H])c([2H])c([2H])c5n6-c5ccccc5)c([2H])c([2H])c43)cc2)cc1. The average molecular weight is 748 g/mol. The Morgan fingerprint density at radius 1 is 0.263 bits per heavy atom. The van der Waals surface area contributed by atoms with E-state index in [1.165, 1.54) is 9.13 Å². The molecule has 0 aliphatic carbocycles. The molecule has 0 bridgehead atoms. The maximum atomic E-state index is 10.0. The van der Waals surface area contributed by atoms with Gasteiger partial charge in [0.25, 0.3) is 0 Å². The lowest BCUT2D eigenvalue weighted by Gasteiger charge is -2.11. The monoisotopic (exact) mass is 747 g/mol. The van der Waals surface area contributed by atoms with Crippen LogP contribution >= 0.6 is 0 Å². The quantitative estimate of drug-likeness (QED) is 0.167. The van der Waals surface area contributed by atoms with E-state index in [1.54, 1.807) is 78.9 Å². The molecule has 0 saturated carbocycles. The number of rotatable bonds is 5. The van der Waals surface area contributed by atoms with Crippen LogP contribution in [0.15, 0.2) is 212 Å². The second-order valence-electron chi connectivity index (χ2n) is 13.2. The molecule has 3 aromatic heterocycles. The predicted molar refractivity (Wildman–Crippen MR) is 240 cm³/mol. The van der Waals surface area contributed by atoms with Gasteiger partial charge in [-0.2, -0.15) is 0 Å².